The molecule has 7 heteroatoms. The number of aliphatic carboxylic acids is 1. The Morgan fingerprint density at radius 2 is 1.68 bits per heavy atom. The van der Waals surface area contributed by atoms with Crippen molar-refractivity contribution in [2.24, 2.45) is 0 Å². The van der Waals surface area contributed by atoms with Crippen molar-refractivity contribution >= 4 is 18.0 Å². The minimum atomic E-state index is -1.08. The summed E-state index contributed by atoms with van der Waals surface area (Å²) < 4.78 is 4.80. The standard InChI is InChI=1S/C12H22N2O5/c1-4-7-14(9-11(17)19-6-3)12(18)13(5-2)8-10(15)16/h4-9H2,1-3H3,(H,15,16). The summed E-state index contributed by atoms with van der Waals surface area (Å²) >= 11 is 0. The highest BCUT2D eigenvalue weighted by atomic mass is 16.5. The maximum Gasteiger partial charge on any atom is 0.325 e. The number of carbonyl (C=O) groups excluding carboxylic acids is 2. The molecule has 110 valence electrons. The number of hydrogen-bond donors (Lipinski definition) is 1. The van der Waals surface area contributed by atoms with Crippen molar-refractivity contribution in [1.82, 2.24) is 9.80 Å². The van der Waals surface area contributed by atoms with Crippen LogP contribution in [0.3, 0.4) is 0 Å². The predicted octanol–water partition coefficient (Wildman–Crippen LogP) is 0.788. The van der Waals surface area contributed by atoms with Gasteiger partial charge in [0.25, 0.3) is 0 Å². The summed E-state index contributed by atoms with van der Waals surface area (Å²) in [5.41, 5.74) is 0. The van der Waals surface area contributed by atoms with E-state index in [0.717, 1.165) is 0 Å². The second-order valence-electron chi connectivity index (χ2n) is 3.92. The van der Waals surface area contributed by atoms with Gasteiger partial charge in [-0.25, -0.2) is 4.79 Å². The zero-order chi connectivity index (χ0) is 14.8. The predicted molar refractivity (Wildman–Crippen MR) is 68.8 cm³/mol. The number of carbonyl (C=O) groups is 3. The number of hydrogen-bond acceptors (Lipinski definition) is 4. The van der Waals surface area contributed by atoms with E-state index in [1.807, 2.05) is 6.92 Å². The van der Waals surface area contributed by atoms with Crippen molar-refractivity contribution in [2.45, 2.75) is 27.2 Å². The molecule has 0 saturated carbocycles. The van der Waals surface area contributed by atoms with Crippen LogP contribution >= 0.6 is 0 Å². The zero-order valence-corrected chi connectivity index (χ0v) is 11.7. The number of likely N-dealkylation sites (N-methyl/N-ethyl adjacent to an activating group) is 1. The van der Waals surface area contributed by atoms with Gasteiger partial charge in [-0.2, -0.15) is 0 Å². The maximum absolute atomic E-state index is 12.1. The summed E-state index contributed by atoms with van der Waals surface area (Å²) in [5.74, 6) is -1.57. The van der Waals surface area contributed by atoms with Crippen LogP contribution in [0.4, 0.5) is 4.79 Å². The van der Waals surface area contributed by atoms with Crippen LogP contribution in [0.15, 0.2) is 0 Å². The van der Waals surface area contributed by atoms with Crippen LogP contribution in [0.5, 0.6) is 0 Å². The van der Waals surface area contributed by atoms with Gasteiger partial charge in [0.05, 0.1) is 6.61 Å². The lowest BCUT2D eigenvalue weighted by atomic mass is 10.4. The summed E-state index contributed by atoms with van der Waals surface area (Å²) in [5, 5.41) is 8.74. The number of ether oxygens (including phenoxy) is 1. The highest BCUT2D eigenvalue weighted by molar-refractivity contribution is 5.83. The number of urea groups is 1. The first-order valence-corrected chi connectivity index (χ1v) is 6.37. The van der Waals surface area contributed by atoms with E-state index in [0.29, 0.717) is 13.0 Å². The Bertz CT molecular complexity index is 319. The fourth-order valence-electron chi connectivity index (χ4n) is 1.55. The number of esters is 1. The van der Waals surface area contributed by atoms with Crippen LogP contribution in [0.2, 0.25) is 0 Å². The third-order valence-electron chi connectivity index (χ3n) is 2.37. The molecule has 0 aromatic rings. The van der Waals surface area contributed by atoms with E-state index >= 15 is 0 Å². The summed E-state index contributed by atoms with van der Waals surface area (Å²) in [6, 6.07) is -0.459. The third-order valence-corrected chi connectivity index (χ3v) is 2.37. The molecule has 0 saturated heterocycles. The third kappa shape index (κ3) is 6.64. The summed E-state index contributed by atoms with van der Waals surface area (Å²) in [6.45, 7) is 5.62. The van der Waals surface area contributed by atoms with E-state index in [-0.39, 0.29) is 26.2 Å². The summed E-state index contributed by atoms with van der Waals surface area (Å²) in [7, 11) is 0. The highest BCUT2D eigenvalue weighted by Crippen LogP contribution is 2.02. The molecule has 0 aliphatic rings. The molecular weight excluding hydrogens is 252 g/mol. The number of carboxylic acids is 1. The Morgan fingerprint density at radius 3 is 2.11 bits per heavy atom. The lowest BCUT2D eigenvalue weighted by Crippen LogP contribution is -2.47. The minimum Gasteiger partial charge on any atom is -0.480 e. The molecule has 0 radical (unpaired) electrons. The van der Waals surface area contributed by atoms with Gasteiger partial charge in [0, 0.05) is 13.1 Å². The van der Waals surface area contributed by atoms with Gasteiger partial charge in [-0.05, 0) is 20.3 Å². The van der Waals surface area contributed by atoms with E-state index in [2.05, 4.69) is 0 Å². The smallest absolute Gasteiger partial charge is 0.325 e. The molecule has 0 aromatic carbocycles. The molecule has 0 fully saturated rings. The van der Waals surface area contributed by atoms with Crippen molar-refractivity contribution in [2.75, 3.05) is 32.8 Å². The van der Waals surface area contributed by atoms with Crippen LogP contribution in [0.1, 0.15) is 27.2 Å². The number of carboxylic acid groups (broad SMARTS) is 1. The monoisotopic (exact) mass is 274 g/mol. The number of rotatable bonds is 8. The van der Waals surface area contributed by atoms with E-state index in [9.17, 15) is 14.4 Å². The van der Waals surface area contributed by atoms with Gasteiger partial charge in [0.15, 0.2) is 0 Å². The minimum absolute atomic E-state index is 0.156. The van der Waals surface area contributed by atoms with Crippen LogP contribution in [-0.2, 0) is 14.3 Å². The van der Waals surface area contributed by atoms with Crippen molar-refractivity contribution in [1.29, 1.82) is 0 Å². The first-order valence-electron chi connectivity index (χ1n) is 6.37. The van der Waals surface area contributed by atoms with Gasteiger partial charge in [0.1, 0.15) is 13.1 Å². The fourth-order valence-corrected chi connectivity index (χ4v) is 1.55. The average molecular weight is 274 g/mol. The molecule has 0 heterocycles. The fraction of sp³-hybridized carbons (Fsp3) is 0.750. The quantitative estimate of drug-likeness (QED) is 0.661. The van der Waals surface area contributed by atoms with E-state index < -0.39 is 18.0 Å². The van der Waals surface area contributed by atoms with Crippen LogP contribution in [0, 0.1) is 0 Å². The maximum atomic E-state index is 12.1. The van der Waals surface area contributed by atoms with Gasteiger partial charge in [-0.1, -0.05) is 6.92 Å². The van der Waals surface area contributed by atoms with Crippen LogP contribution < -0.4 is 0 Å². The molecule has 0 aromatic heterocycles. The molecule has 0 rings (SSSR count). The van der Waals surface area contributed by atoms with Gasteiger partial charge in [-0.15, -0.1) is 0 Å². The SMILES string of the molecule is CCCN(CC(=O)OCC)C(=O)N(CC)CC(=O)O. The van der Waals surface area contributed by atoms with E-state index in [1.54, 1.807) is 13.8 Å². The van der Waals surface area contributed by atoms with Gasteiger partial charge < -0.3 is 19.6 Å². The van der Waals surface area contributed by atoms with Gasteiger partial charge >= 0.3 is 18.0 Å². The van der Waals surface area contributed by atoms with Gasteiger partial charge in [-0.3, -0.25) is 9.59 Å². The molecule has 0 spiro atoms. The molecule has 0 aliphatic heterocycles. The second kappa shape index (κ2) is 9.18. The first-order chi connectivity index (χ1) is 8.96. The molecule has 1 N–H and O–H groups in total. The van der Waals surface area contributed by atoms with Crippen LogP contribution in [0.25, 0.3) is 0 Å². The van der Waals surface area contributed by atoms with E-state index in [1.165, 1.54) is 9.80 Å². The molecule has 0 aliphatic carbocycles. The first kappa shape index (κ1) is 17.2. The molecular formula is C12H22N2O5. The molecule has 0 bridgehead atoms. The summed E-state index contributed by atoms with van der Waals surface area (Å²) in [6.07, 6.45) is 0.676. The van der Waals surface area contributed by atoms with Crippen molar-refractivity contribution in [3.8, 4) is 0 Å². The normalized spacial score (nSPS) is 9.84. The Balaban J connectivity index is 4.69. The highest BCUT2D eigenvalue weighted by Gasteiger charge is 2.23. The molecule has 0 unspecified atom stereocenters. The van der Waals surface area contributed by atoms with Crippen LogP contribution in [-0.4, -0.2) is 65.7 Å². The molecule has 0 atom stereocenters. The van der Waals surface area contributed by atoms with E-state index in [4.69, 9.17) is 9.84 Å². The lowest BCUT2D eigenvalue weighted by molar-refractivity contribution is -0.143. The Kier molecular flexibility index (Phi) is 8.32. The number of nitrogens with zero attached hydrogens (tertiary/aromatic N) is 2. The Hall–Kier alpha value is -1.79. The molecule has 2 amide bonds. The lowest BCUT2D eigenvalue weighted by Gasteiger charge is -2.28. The number of amides is 2. The Labute approximate surface area is 113 Å². The van der Waals surface area contributed by atoms with Crippen molar-refractivity contribution in [3.63, 3.8) is 0 Å². The average Bonchev–Trinajstić information content (AvgIpc) is 2.34. The Morgan fingerprint density at radius 1 is 1.05 bits per heavy atom. The zero-order valence-electron chi connectivity index (χ0n) is 11.7. The molecule has 19 heavy (non-hydrogen) atoms. The van der Waals surface area contributed by atoms with Crippen molar-refractivity contribution < 1.29 is 24.2 Å². The second-order valence-corrected chi connectivity index (χ2v) is 3.92. The largest absolute Gasteiger partial charge is 0.480 e. The summed E-state index contributed by atoms with van der Waals surface area (Å²) in [4.78, 5) is 36.7. The molecule has 7 nitrogen and oxygen atoms in total. The van der Waals surface area contributed by atoms with Gasteiger partial charge in [0.2, 0.25) is 0 Å². The topological polar surface area (TPSA) is 87.2 Å². The van der Waals surface area contributed by atoms with Crippen molar-refractivity contribution in [3.05, 3.63) is 0 Å².